The molecule has 1 saturated heterocycles. The van der Waals surface area contributed by atoms with E-state index < -0.39 is 23.2 Å². The third-order valence-electron chi connectivity index (χ3n) is 4.40. The second-order valence-corrected chi connectivity index (χ2v) is 6.13. The summed E-state index contributed by atoms with van der Waals surface area (Å²) in [5.41, 5.74) is 4.77. The van der Waals surface area contributed by atoms with Crippen molar-refractivity contribution < 1.29 is 9.59 Å². The zero-order valence-electron chi connectivity index (χ0n) is 10.8. The zero-order chi connectivity index (χ0) is 14.2. The number of carbonyl (C=O) groups is 2. The second-order valence-electron chi connectivity index (χ2n) is 5.69. The van der Waals surface area contributed by atoms with Crippen LogP contribution in [0.2, 0.25) is 0 Å². The van der Waals surface area contributed by atoms with Gasteiger partial charge in [-0.3, -0.25) is 9.59 Å². The van der Waals surface area contributed by atoms with Crippen LogP contribution in [0.5, 0.6) is 0 Å². The maximum atomic E-state index is 12.0. The minimum Gasteiger partial charge on any atom is -0.369 e. The molecule has 1 heterocycles. The van der Waals surface area contributed by atoms with E-state index in [4.69, 9.17) is 18.0 Å². The van der Waals surface area contributed by atoms with Gasteiger partial charge in [0, 0.05) is 5.41 Å². The van der Waals surface area contributed by atoms with Crippen LogP contribution < -0.4 is 11.1 Å². The van der Waals surface area contributed by atoms with Crippen molar-refractivity contribution in [1.82, 2.24) is 5.32 Å². The lowest BCUT2D eigenvalue weighted by Gasteiger charge is -2.49. The lowest BCUT2D eigenvalue weighted by Crippen LogP contribution is -2.61. The topological polar surface area (TPSA) is 96.0 Å². The van der Waals surface area contributed by atoms with Gasteiger partial charge in [-0.2, -0.15) is 5.26 Å². The third-order valence-corrected chi connectivity index (χ3v) is 4.74. The molecule has 19 heavy (non-hydrogen) atoms. The average Bonchev–Trinajstić information content (AvgIpc) is 2.27. The first kappa shape index (κ1) is 13.9. The second kappa shape index (κ2) is 4.89. The Balaban J connectivity index is 2.51. The fourth-order valence-electron chi connectivity index (χ4n) is 3.71. The fraction of sp³-hybridized carbons (Fsp3) is 0.692. The number of nitrogens with zero attached hydrogens (tertiary/aromatic N) is 1. The molecule has 3 N–H and O–H groups in total. The van der Waals surface area contributed by atoms with Gasteiger partial charge in [-0.25, -0.2) is 0 Å². The lowest BCUT2D eigenvalue weighted by atomic mass is 9.55. The maximum absolute atomic E-state index is 12.0. The van der Waals surface area contributed by atoms with E-state index in [1.54, 1.807) is 0 Å². The standard InChI is InChI=1S/C13H17N3O2S/c1-7-3-2-4-13(5-7)8(6-14)11(18)16-12(19)9(13)10(15)17/h7-9H,2-5H2,1H3,(H2,15,17)(H,16,18,19). The summed E-state index contributed by atoms with van der Waals surface area (Å²) in [6.45, 7) is 2.07. The summed E-state index contributed by atoms with van der Waals surface area (Å²) in [4.78, 5) is 24.0. The van der Waals surface area contributed by atoms with E-state index >= 15 is 0 Å². The van der Waals surface area contributed by atoms with Crippen molar-refractivity contribution in [2.75, 3.05) is 0 Å². The Morgan fingerprint density at radius 1 is 1.63 bits per heavy atom. The molecule has 2 aliphatic rings. The Morgan fingerprint density at radius 2 is 2.32 bits per heavy atom. The van der Waals surface area contributed by atoms with Crippen LogP contribution in [0.3, 0.4) is 0 Å². The average molecular weight is 279 g/mol. The highest BCUT2D eigenvalue weighted by Gasteiger charge is 2.57. The summed E-state index contributed by atoms with van der Waals surface area (Å²) in [5.74, 6) is -2.13. The summed E-state index contributed by atoms with van der Waals surface area (Å²) >= 11 is 5.13. The van der Waals surface area contributed by atoms with Gasteiger partial charge in [-0.1, -0.05) is 32.0 Å². The summed E-state index contributed by atoms with van der Waals surface area (Å²) in [6, 6.07) is 2.06. The summed E-state index contributed by atoms with van der Waals surface area (Å²) in [5, 5.41) is 11.8. The normalized spacial score (nSPS) is 38.6. The number of piperidine rings is 1. The smallest absolute Gasteiger partial charge is 0.242 e. The molecule has 0 radical (unpaired) electrons. The van der Waals surface area contributed by atoms with Crippen molar-refractivity contribution in [3.63, 3.8) is 0 Å². The zero-order valence-corrected chi connectivity index (χ0v) is 11.6. The largest absolute Gasteiger partial charge is 0.369 e. The Hall–Kier alpha value is -1.48. The van der Waals surface area contributed by atoms with Crippen molar-refractivity contribution in [3.05, 3.63) is 0 Å². The van der Waals surface area contributed by atoms with Crippen LogP contribution in [0.1, 0.15) is 32.6 Å². The highest BCUT2D eigenvalue weighted by molar-refractivity contribution is 7.80. The number of hydrogen-bond acceptors (Lipinski definition) is 4. The number of thiocarbonyl (C=S) groups is 1. The van der Waals surface area contributed by atoms with E-state index in [0.29, 0.717) is 18.8 Å². The van der Waals surface area contributed by atoms with Crippen LogP contribution >= 0.6 is 12.2 Å². The molecule has 5 nitrogen and oxygen atoms in total. The van der Waals surface area contributed by atoms with Crippen LogP contribution in [0.25, 0.3) is 0 Å². The molecule has 1 aliphatic carbocycles. The quantitative estimate of drug-likeness (QED) is 0.696. The van der Waals surface area contributed by atoms with Crippen molar-refractivity contribution >= 4 is 29.0 Å². The summed E-state index contributed by atoms with van der Waals surface area (Å²) in [7, 11) is 0. The van der Waals surface area contributed by atoms with Gasteiger partial charge >= 0.3 is 0 Å². The van der Waals surface area contributed by atoms with E-state index in [9.17, 15) is 14.9 Å². The minimum atomic E-state index is -0.848. The molecule has 4 atom stereocenters. The molecule has 102 valence electrons. The molecule has 0 aromatic heterocycles. The fourth-order valence-corrected chi connectivity index (χ4v) is 4.16. The minimum absolute atomic E-state index is 0.179. The molecule has 1 saturated carbocycles. The molecule has 2 amide bonds. The number of rotatable bonds is 1. The van der Waals surface area contributed by atoms with Gasteiger partial charge in [-0.15, -0.1) is 0 Å². The van der Waals surface area contributed by atoms with Crippen molar-refractivity contribution in [2.24, 2.45) is 28.9 Å². The first-order valence-corrected chi connectivity index (χ1v) is 6.87. The first-order valence-electron chi connectivity index (χ1n) is 6.46. The van der Waals surface area contributed by atoms with Gasteiger partial charge in [0.05, 0.1) is 17.0 Å². The molecule has 4 unspecified atom stereocenters. The van der Waals surface area contributed by atoms with E-state index in [0.717, 1.165) is 12.8 Å². The molecule has 0 aromatic carbocycles. The number of amides is 2. The van der Waals surface area contributed by atoms with Crippen LogP contribution in [-0.2, 0) is 9.59 Å². The van der Waals surface area contributed by atoms with Gasteiger partial charge in [0.2, 0.25) is 11.8 Å². The predicted octanol–water partition coefficient (Wildman–Crippen LogP) is 0.881. The van der Waals surface area contributed by atoms with E-state index in [1.807, 2.05) is 0 Å². The Bertz CT molecular complexity index is 485. The molecule has 2 rings (SSSR count). The first-order chi connectivity index (χ1) is 8.92. The molecule has 0 aromatic rings. The molecule has 1 aliphatic heterocycles. The lowest BCUT2D eigenvalue weighted by molar-refractivity contribution is -0.135. The summed E-state index contributed by atoms with van der Waals surface area (Å²) in [6.07, 6.45) is 3.22. The maximum Gasteiger partial charge on any atom is 0.242 e. The molecule has 2 fully saturated rings. The molecule has 1 spiro atoms. The number of nitrogens with one attached hydrogen (secondary N) is 1. The van der Waals surface area contributed by atoms with Crippen molar-refractivity contribution in [2.45, 2.75) is 32.6 Å². The molecule has 6 heteroatoms. The number of hydrogen-bond donors (Lipinski definition) is 2. The van der Waals surface area contributed by atoms with E-state index in [2.05, 4.69) is 18.3 Å². The third kappa shape index (κ3) is 2.12. The number of nitrogens with two attached hydrogens (primary N) is 1. The van der Waals surface area contributed by atoms with Gasteiger partial charge in [0.1, 0.15) is 5.92 Å². The number of primary amides is 1. The molecular weight excluding hydrogens is 262 g/mol. The van der Waals surface area contributed by atoms with Crippen LogP contribution in [0.15, 0.2) is 0 Å². The van der Waals surface area contributed by atoms with E-state index in [-0.39, 0.29) is 10.9 Å². The number of carbonyl (C=O) groups excluding carboxylic acids is 2. The van der Waals surface area contributed by atoms with Crippen molar-refractivity contribution in [1.29, 1.82) is 5.26 Å². The van der Waals surface area contributed by atoms with Gasteiger partial charge in [0.15, 0.2) is 0 Å². The highest BCUT2D eigenvalue weighted by atomic mass is 32.1. The Labute approximate surface area is 117 Å². The molecular formula is C13H17N3O2S. The van der Waals surface area contributed by atoms with Gasteiger partial charge in [-0.05, 0) is 18.8 Å². The number of nitriles is 1. The van der Waals surface area contributed by atoms with Crippen LogP contribution in [0, 0.1) is 34.5 Å². The summed E-state index contributed by atoms with van der Waals surface area (Å²) < 4.78 is 0. The predicted molar refractivity (Wildman–Crippen MR) is 72.6 cm³/mol. The van der Waals surface area contributed by atoms with E-state index in [1.165, 1.54) is 0 Å². The van der Waals surface area contributed by atoms with Gasteiger partial charge in [0.25, 0.3) is 0 Å². The highest BCUT2D eigenvalue weighted by Crippen LogP contribution is 2.52. The monoisotopic (exact) mass is 279 g/mol. The van der Waals surface area contributed by atoms with Gasteiger partial charge < -0.3 is 11.1 Å². The SMILES string of the molecule is CC1CCCC2(C1)C(C#N)C(=O)NC(=S)C2C(N)=O. The Kier molecular flexibility index (Phi) is 3.59. The van der Waals surface area contributed by atoms with Crippen LogP contribution in [-0.4, -0.2) is 16.8 Å². The Morgan fingerprint density at radius 3 is 2.84 bits per heavy atom. The molecule has 0 bridgehead atoms. The van der Waals surface area contributed by atoms with Crippen LogP contribution in [0.4, 0.5) is 0 Å². The van der Waals surface area contributed by atoms with Crippen molar-refractivity contribution in [3.8, 4) is 6.07 Å².